The van der Waals surface area contributed by atoms with E-state index in [9.17, 15) is 9.59 Å². The first-order valence-electron chi connectivity index (χ1n) is 15.6. The summed E-state index contributed by atoms with van der Waals surface area (Å²) in [6.07, 6.45) is 26.3. The lowest BCUT2D eigenvalue weighted by atomic mass is 10.1. The fraction of sp³-hybridized carbons (Fsp3) is 0.935. The number of carbonyl (C=O) groups is 2. The topological polar surface area (TPSA) is 55.8 Å². The van der Waals surface area contributed by atoms with Crippen LogP contribution < -0.4 is 0 Å². The van der Waals surface area contributed by atoms with E-state index in [1.807, 2.05) is 11.9 Å². The van der Waals surface area contributed by atoms with Crippen LogP contribution in [0, 0.1) is 0 Å². The van der Waals surface area contributed by atoms with Gasteiger partial charge in [0.2, 0.25) is 0 Å². The van der Waals surface area contributed by atoms with Crippen molar-refractivity contribution in [3.8, 4) is 0 Å². The van der Waals surface area contributed by atoms with E-state index in [0.29, 0.717) is 39.1 Å². The van der Waals surface area contributed by atoms with Gasteiger partial charge in [-0.1, -0.05) is 129 Å². The number of esters is 2. The zero-order valence-corrected chi connectivity index (χ0v) is 24.5. The summed E-state index contributed by atoms with van der Waals surface area (Å²) in [7, 11) is 1.94. The molecule has 0 spiro atoms. The van der Waals surface area contributed by atoms with Gasteiger partial charge in [0.15, 0.2) is 0 Å². The molecule has 36 heavy (non-hydrogen) atoms. The summed E-state index contributed by atoms with van der Waals surface area (Å²) in [6.45, 7) is 6.80. The minimum Gasteiger partial charge on any atom is -0.466 e. The van der Waals surface area contributed by atoms with E-state index >= 15 is 0 Å². The zero-order chi connectivity index (χ0) is 26.5. The highest BCUT2D eigenvalue weighted by molar-refractivity contribution is 5.70. The smallest absolute Gasteiger partial charge is 0.307 e. The molecule has 0 radical (unpaired) electrons. The van der Waals surface area contributed by atoms with Gasteiger partial charge in [0.05, 0.1) is 26.1 Å². The van der Waals surface area contributed by atoms with E-state index < -0.39 is 0 Å². The lowest BCUT2D eigenvalue weighted by molar-refractivity contribution is -0.144. The van der Waals surface area contributed by atoms with Crippen LogP contribution in [0.2, 0.25) is 0 Å². The summed E-state index contributed by atoms with van der Waals surface area (Å²) in [5.74, 6) is -0.275. The summed E-state index contributed by atoms with van der Waals surface area (Å²) >= 11 is 0. The second-order valence-electron chi connectivity index (χ2n) is 10.6. The van der Waals surface area contributed by atoms with Crippen LogP contribution in [0.25, 0.3) is 0 Å². The first-order valence-corrected chi connectivity index (χ1v) is 15.6. The average molecular weight is 512 g/mol. The van der Waals surface area contributed by atoms with Crippen LogP contribution in [0.5, 0.6) is 0 Å². The Bertz CT molecular complexity index is 441. The van der Waals surface area contributed by atoms with Gasteiger partial charge in [0.25, 0.3) is 0 Å². The highest BCUT2D eigenvalue weighted by atomic mass is 16.5. The molecule has 0 fully saturated rings. The van der Waals surface area contributed by atoms with Crippen molar-refractivity contribution in [1.82, 2.24) is 4.90 Å². The van der Waals surface area contributed by atoms with Crippen LogP contribution >= 0.6 is 0 Å². The highest BCUT2D eigenvalue weighted by Crippen LogP contribution is 2.11. The maximum Gasteiger partial charge on any atom is 0.307 e. The molecule has 0 rings (SSSR count). The number of ether oxygens (including phenoxy) is 2. The lowest BCUT2D eigenvalue weighted by Gasteiger charge is -2.15. The summed E-state index contributed by atoms with van der Waals surface area (Å²) in [5.41, 5.74) is 0. The van der Waals surface area contributed by atoms with Crippen LogP contribution in [0.3, 0.4) is 0 Å². The molecule has 0 heterocycles. The number of hydrogen-bond acceptors (Lipinski definition) is 5. The Kier molecular flexibility index (Phi) is 27.6. The van der Waals surface area contributed by atoms with Crippen molar-refractivity contribution >= 4 is 11.9 Å². The van der Waals surface area contributed by atoms with Gasteiger partial charge in [0.1, 0.15) is 0 Å². The third kappa shape index (κ3) is 27.5. The number of carbonyl (C=O) groups excluding carboxylic acids is 2. The number of nitrogens with zero attached hydrogens (tertiary/aromatic N) is 1. The van der Waals surface area contributed by atoms with Crippen LogP contribution in [0.1, 0.15) is 155 Å². The normalized spacial score (nSPS) is 11.2. The van der Waals surface area contributed by atoms with Crippen molar-refractivity contribution in [2.75, 3.05) is 33.4 Å². The first kappa shape index (κ1) is 34.9. The standard InChI is InChI=1S/C31H61NO4/c1-4-6-8-10-12-14-16-18-20-22-28-35-30(33)24-26-32(3)27-25-31(34)36-29-23-21-19-17-15-13-11-9-7-5-2/h4-29H2,1-3H3. The van der Waals surface area contributed by atoms with Gasteiger partial charge in [0, 0.05) is 13.1 Å². The molecule has 0 unspecified atom stereocenters. The van der Waals surface area contributed by atoms with Gasteiger partial charge in [-0.25, -0.2) is 0 Å². The Labute approximate surface area is 224 Å². The highest BCUT2D eigenvalue weighted by Gasteiger charge is 2.09. The van der Waals surface area contributed by atoms with Gasteiger partial charge in [-0.15, -0.1) is 0 Å². The van der Waals surface area contributed by atoms with Gasteiger partial charge in [-0.2, -0.15) is 0 Å². The summed E-state index contributed by atoms with van der Waals surface area (Å²) < 4.78 is 10.7. The fourth-order valence-electron chi connectivity index (χ4n) is 4.37. The average Bonchev–Trinajstić information content (AvgIpc) is 2.88. The maximum atomic E-state index is 11.9. The Morgan fingerprint density at radius 2 is 0.750 bits per heavy atom. The Morgan fingerprint density at radius 1 is 0.472 bits per heavy atom. The van der Waals surface area contributed by atoms with Crippen LogP contribution in [0.15, 0.2) is 0 Å². The SMILES string of the molecule is CCCCCCCCCCCCOC(=O)CCN(C)CCC(=O)OCCCCCCCCCCCC. The monoisotopic (exact) mass is 511 g/mol. The van der Waals surface area contributed by atoms with Gasteiger partial charge in [-0.05, 0) is 19.9 Å². The van der Waals surface area contributed by atoms with Crippen molar-refractivity contribution in [2.24, 2.45) is 0 Å². The predicted molar refractivity (Wildman–Crippen MR) is 152 cm³/mol. The predicted octanol–water partition coefficient (Wildman–Crippen LogP) is 8.63. The van der Waals surface area contributed by atoms with Crippen molar-refractivity contribution in [2.45, 2.75) is 155 Å². The molecule has 0 saturated carbocycles. The maximum absolute atomic E-state index is 11.9. The summed E-state index contributed by atoms with van der Waals surface area (Å²) in [4.78, 5) is 25.9. The van der Waals surface area contributed by atoms with E-state index in [4.69, 9.17) is 9.47 Å². The number of unbranched alkanes of at least 4 members (excludes halogenated alkanes) is 18. The molecule has 0 aliphatic carbocycles. The Hall–Kier alpha value is -1.10. The number of hydrogen-bond donors (Lipinski definition) is 0. The molecule has 0 N–H and O–H groups in total. The molecule has 0 aromatic rings. The second-order valence-corrected chi connectivity index (χ2v) is 10.6. The summed E-state index contributed by atoms with van der Waals surface area (Å²) in [6, 6.07) is 0. The van der Waals surface area contributed by atoms with Gasteiger partial charge in [-0.3, -0.25) is 9.59 Å². The molecule has 5 nitrogen and oxygen atoms in total. The first-order chi connectivity index (χ1) is 17.6. The molecule has 0 bridgehead atoms. The molecule has 0 atom stereocenters. The lowest BCUT2D eigenvalue weighted by Crippen LogP contribution is -2.26. The van der Waals surface area contributed by atoms with Crippen molar-refractivity contribution in [3.05, 3.63) is 0 Å². The van der Waals surface area contributed by atoms with E-state index in [-0.39, 0.29) is 11.9 Å². The van der Waals surface area contributed by atoms with Gasteiger partial charge >= 0.3 is 11.9 Å². The quantitative estimate of drug-likeness (QED) is 0.0777. The molecule has 0 aromatic heterocycles. The molecular formula is C31H61NO4. The van der Waals surface area contributed by atoms with Crippen molar-refractivity contribution in [3.63, 3.8) is 0 Å². The number of rotatable bonds is 28. The van der Waals surface area contributed by atoms with E-state index in [0.717, 1.165) is 25.7 Å². The van der Waals surface area contributed by atoms with Crippen LogP contribution in [0.4, 0.5) is 0 Å². The molecule has 0 aromatic carbocycles. The zero-order valence-electron chi connectivity index (χ0n) is 24.5. The molecule has 214 valence electrons. The van der Waals surface area contributed by atoms with Crippen molar-refractivity contribution < 1.29 is 19.1 Å². The van der Waals surface area contributed by atoms with Crippen LogP contribution in [-0.4, -0.2) is 50.2 Å². The molecule has 0 aliphatic heterocycles. The van der Waals surface area contributed by atoms with E-state index in [1.165, 1.54) is 103 Å². The third-order valence-corrected chi connectivity index (χ3v) is 6.92. The minimum absolute atomic E-state index is 0.138. The van der Waals surface area contributed by atoms with Crippen molar-refractivity contribution in [1.29, 1.82) is 0 Å². The van der Waals surface area contributed by atoms with Gasteiger partial charge < -0.3 is 14.4 Å². The fourth-order valence-corrected chi connectivity index (χ4v) is 4.37. The minimum atomic E-state index is -0.138. The largest absolute Gasteiger partial charge is 0.466 e. The third-order valence-electron chi connectivity index (χ3n) is 6.92. The summed E-state index contributed by atoms with van der Waals surface area (Å²) in [5, 5.41) is 0. The molecule has 5 heteroatoms. The molecule has 0 aliphatic rings. The molecule has 0 amide bonds. The molecular weight excluding hydrogens is 450 g/mol. The van der Waals surface area contributed by atoms with E-state index in [1.54, 1.807) is 0 Å². The molecule has 0 saturated heterocycles. The second kappa shape index (κ2) is 28.5. The Morgan fingerprint density at radius 3 is 1.06 bits per heavy atom. The Balaban J connectivity index is 3.42. The van der Waals surface area contributed by atoms with E-state index in [2.05, 4.69) is 13.8 Å². The van der Waals surface area contributed by atoms with Crippen LogP contribution in [-0.2, 0) is 19.1 Å².